The predicted octanol–water partition coefficient (Wildman–Crippen LogP) is 2.63. The molecule has 0 unspecified atom stereocenters. The number of hydrogen-bond acceptors (Lipinski definition) is 10. The third kappa shape index (κ3) is 16.4. The Hall–Kier alpha value is -5.87. The average Bonchev–Trinajstić information content (AvgIpc) is 3.19. The van der Waals surface area contributed by atoms with Gasteiger partial charge in [-0.05, 0) is 54.4 Å². The van der Waals surface area contributed by atoms with Crippen LogP contribution in [-0.4, -0.2) is 86.2 Å². The molecule has 314 valence electrons. The molecular weight excluding hydrogens is 738 g/mol. The zero-order valence-electron chi connectivity index (χ0n) is 34.2. The van der Waals surface area contributed by atoms with Crippen LogP contribution in [0.1, 0.15) is 72.4 Å². The van der Waals surface area contributed by atoms with E-state index in [0.717, 1.165) is 5.56 Å². The van der Waals surface area contributed by atoms with Crippen molar-refractivity contribution in [1.82, 2.24) is 37.4 Å². The number of amides is 7. The van der Waals surface area contributed by atoms with Gasteiger partial charge in [0.2, 0.25) is 17.7 Å². The maximum absolute atomic E-state index is 13.8. The second kappa shape index (κ2) is 23.9. The van der Waals surface area contributed by atoms with E-state index in [9.17, 15) is 33.6 Å². The SMILES string of the molecule is CC[C@H](C)[C@H](NC(=O)NNC(=O)[C@H](Cc1ccc(OC)cc1)NC(=O)[C@H](CC(C)C)NC(=O)[C@H](C)NC(=O)OCc1ccccc1)C(=O)N[C@H](C(=O)OC)C(C)C. The minimum atomic E-state index is -1.26. The number of carbonyl (C=O) groups is 7. The van der Waals surface area contributed by atoms with Gasteiger partial charge < -0.3 is 40.8 Å². The molecule has 0 aliphatic rings. The van der Waals surface area contributed by atoms with Crippen molar-refractivity contribution >= 4 is 41.7 Å². The monoisotopic (exact) mass is 797 g/mol. The van der Waals surface area contributed by atoms with Gasteiger partial charge in [0, 0.05) is 6.42 Å². The smallest absolute Gasteiger partial charge is 0.408 e. The van der Waals surface area contributed by atoms with Crippen molar-refractivity contribution in [2.75, 3.05) is 14.2 Å². The van der Waals surface area contributed by atoms with Crippen LogP contribution in [-0.2, 0) is 46.5 Å². The van der Waals surface area contributed by atoms with Crippen molar-refractivity contribution in [3.8, 4) is 5.75 Å². The Morgan fingerprint density at radius 3 is 1.82 bits per heavy atom. The number of hydrogen-bond donors (Lipinski definition) is 7. The van der Waals surface area contributed by atoms with Gasteiger partial charge in [-0.2, -0.15) is 0 Å². The van der Waals surface area contributed by atoms with E-state index in [1.807, 2.05) is 26.8 Å². The summed E-state index contributed by atoms with van der Waals surface area (Å²) >= 11 is 0. The first kappa shape index (κ1) is 47.3. The van der Waals surface area contributed by atoms with Crippen molar-refractivity contribution in [2.24, 2.45) is 17.8 Å². The molecule has 0 fully saturated rings. The van der Waals surface area contributed by atoms with E-state index in [2.05, 4.69) is 37.4 Å². The van der Waals surface area contributed by atoms with Crippen LogP contribution in [0.3, 0.4) is 0 Å². The summed E-state index contributed by atoms with van der Waals surface area (Å²) in [7, 11) is 2.72. The van der Waals surface area contributed by atoms with Crippen molar-refractivity contribution in [3.63, 3.8) is 0 Å². The highest BCUT2D eigenvalue weighted by Crippen LogP contribution is 2.14. The Balaban J connectivity index is 2.19. The molecule has 7 N–H and O–H groups in total. The molecule has 0 saturated carbocycles. The molecule has 2 aromatic carbocycles. The van der Waals surface area contributed by atoms with E-state index in [-0.39, 0.29) is 37.2 Å². The van der Waals surface area contributed by atoms with Crippen LogP contribution in [0.25, 0.3) is 0 Å². The topological polar surface area (TPSA) is 231 Å². The molecule has 0 bridgehead atoms. The predicted molar refractivity (Wildman–Crippen MR) is 211 cm³/mol. The maximum atomic E-state index is 13.8. The van der Waals surface area contributed by atoms with Crippen LogP contribution in [0.5, 0.6) is 5.75 Å². The van der Waals surface area contributed by atoms with Crippen LogP contribution in [0.15, 0.2) is 54.6 Å². The number of alkyl carbamates (subject to hydrolysis) is 1. The molecule has 0 aromatic heterocycles. The van der Waals surface area contributed by atoms with E-state index >= 15 is 0 Å². The summed E-state index contributed by atoms with van der Waals surface area (Å²) in [6, 6.07) is 9.37. The number of benzene rings is 2. The zero-order valence-corrected chi connectivity index (χ0v) is 34.2. The maximum Gasteiger partial charge on any atom is 0.408 e. The lowest BCUT2D eigenvalue weighted by molar-refractivity contribution is -0.146. The van der Waals surface area contributed by atoms with Crippen LogP contribution in [0.2, 0.25) is 0 Å². The molecule has 0 heterocycles. The van der Waals surface area contributed by atoms with E-state index in [1.165, 1.54) is 21.1 Å². The van der Waals surface area contributed by atoms with Gasteiger partial charge in [0.15, 0.2) is 0 Å². The molecule has 7 amide bonds. The van der Waals surface area contributed by atoms with Crippen molar-refractivity contribution in [3.05, 3.63) is 65.7 Å². The van der Waals surface area contributed by atoms with Gasteiger partial charge in [-0.1, -0.05) is 90.4 Å². The van der Waals surface area contributed by atoms with E-state index in [4.69, 9.17) is 14.2 Å². The molecular formula is C40H59N7O10. The molecule has 0 radical (unpaired) electrons. The fraction of sp³-hybridized carbons (Fsp3) is 0.525. The average molecular weight is 798 g/mol. The number of esters is 1. The van der Waals surface area contributed by atoms with Crippen molar-refractivity contribution in [1.29, 1.82) is 0 Å². The van der Waals surface area contributed by atoms with Gasteiger partial charge in [0.1, 0.15) is 42.6 Å². The minimum absolute atomic E-state index is 0.00288. The van der Waals surface area contributed by atoms with Gasteiger partial charge in [-0.15, -0.1) is 0 Å². The summed E-state index contributed by atoms with van der Waals surface area (Å²) in [5.74, 6) is -3.58. The third-order valence-corrected chi connectivity index (χ3v) is 9.01. The highest BCUT2D eigenvalue weighted by atomic mass is 16.5. The summed E-state index contributed by atoms with van der Waals surface area (Å²) in [4.78, 5) is 91.6. The van der Waals surface area contributed by atoms with Gasteiger partial charge >= 0.3 is 18.1 Å². The number of hydrazine groups is 1. The van der Waals surface area contributed by atoms with E-state index in [0.29, 0.717) is 17.7 Å². The van der Waals surface area contributed by atoms with Crippen LogP contribution < -0.4 is 42.2 Å². The van der Waals surface area contributed by atoms with E-state index < -0.39 is 71.9 Å². The first-order chi connectivity index (χ1) is 27.0. The lowest BCUT2D eigenvalue weighted by atomic mass is 9.97. The normalized spacial score (nSPS) is 14.0. The molecule has 2 aromatic rings. The fourth-order valence-corrected chi connectivity index (χ4v) is 5.44. The molecule has 17 heteroatoms. The Morgan fingerprint density at radius 2 is 1.26 bits per heavy atom. The summed E-state index contributed by atoms with van der Waals surface area (Å²) in [5.41, 5.74) is 5.95. The number of methoxy groups -OCH3 is 2. The number of carbonyl (C=O) groups excluding carboxylic acids is 7. The zero-order chi connectivity index (χ0) is 42.7. The summed E-state index contributed by atoms with van der Waals surface area (Å²) in [6.45, 7) is 12.2. The standard InChI is InChI=1S/C40H59N7O10/c1-10-25(6)33(37(51)44-32(24(4)5)38(52)56-9)45-39(53)47-46-36(50)31(21-27-16-18-29(55-8)19-17-27)43-35(49)30(20-23(2)3)42-34(48)26(7)41-40(54)57-22-28-14-12-11-13-15-28/h11-19,23-26,30-33H,10,20-22H2,1-9H3,(H,41,54)(H,42,48)(H,43,49)(H,44,51)(H,46,50)(H2,45,47,53)/t25-,26-,30-,31-,32-,33-/m0/s1. The van der Waals surface area contributed by atoms with Gasteiger partial charge in [0.05, 0.1) is 14.2 Å². The Kier molecular flexibility index (Phi) is 19.8. The second-order valence-corrected chi connectivity index (χ2v) is 14.4. The van der Waals surface area contributed by atoms with Crippen LogP contribution in [0, 0.1) is 17.8 Å². The summed E-state index contributed by atoms with van der Waals surface area (Å²) < 4.78 is 15.2. The van der Waals surface area contributed by atoms with Crippen molar-refractivity contribution < 1.29 is 47.8 Å². The second-order valence-electron chi connectivity index (χ2n) is 14.4. The number of rotatable bonds is 20. The molecule has 0 aliphatic heterocycles. The lowest BCUT2D eigenvalue weighted by Crippen LogP contribution is -2.61. The highest BCUT2D eigenvalue weighted by Gasteiger charge is 2.33. The van der Waals surface area contributed by atoms with Gasteiger partial charge in [0.25, 0.3) is 5.91 Å². The fourth-order valence-electron chi connectivity index (χ4n) is 5.44. The van der Waals surface area contributed by atoms with E-state index in [1.54, 1.807) is 69.3 Å². The van der Waals surface area contributed by atoms with Gasteiger partial charge in [-0.3, -0.25) is 24.6 Å². The molecule has 0 aliphatic carbocycles. The lowest BCUT2D eigenvalue weighted by Gasteiger charge is -2.27. The molecule has 17 nitrogen and oxygen atoms in total. The quantitative estimate of drug-likeness (QED) is 0.0765. The highest BCUT2D eigenvalue weighted by molar-refractivity contribution is 5.95. The summed E-state index contributed by atoms with van der Waals surface area (Å²) in [6.07, 6.45) is -0.170. The molecule has 2 rings (SSSR count). The largest absolute Gasteiger partial charge is 0.497 e. The van der Waals surface area contributed by atoms with Crippen LogP contribution >= 0.6 is 0 Å². The van der Waals surface area contributed by atoms with Gasteiger partial charge in [-0.25, -0.2) is 19.8 Å². The Morgan fingerprint density at radius 1 is 0.632 bits per heavy atom. The number of nitrogens with one attached hydrogen (secondary N) is 7. The first-order valence-corrected chi connectivity index (χ1v) is 18.9. The number of urea groups is 1. The first-order valence-electron chi connectivity index (χ1n) is 18.9. The minimum Gasteiger partial charge on any atom is -0.497 e. The summed E-state index contributed by atoms with van der Waals surface area (Å²) in [5, 5.41) is 13.0. The van der Waals surface area contributed by atoms with Crippen LogP contribution in [0.4, 0.5) is 9.59 Å². The number of ether oxygens (including phenoxy) is 3. The Labute approximate surface area is 334 Å². The molecule has 57 heavy (non-hydrogen) atoms. The molecule has 0 spiro atoms. The Bertz CT molecular complexity index is 1640. The third-order valence-electron chi connectivity index (χ3n) is 9.01. The van der Waals surface area contributed by atoms with Crippen molar-refractivity contribution in [2.45, 2.75) is 105 Å². The molecule has 0 saturated heterocycles. The molecule has 6 atom stereocenters.